The van der Waals surface area contributed by atoms with Gasteiger partial charge in [-0.25, -0.2) is 4.98 Å². The van der Waals surface area contributed by atoms with Crippen molar-refractivity contribution in [3.8, 4) is 23.8 Å². The largest absolute Gasteiger partial charge is 0.226 e. The predicted molar refractivity (Wildman–Crippen MR) is 81.2 cm³/mol. The monoisotopic (exact) mass is 269 g/mol. The fraction of sp³-hybridized carbons (Fsp3) is 0. The Morgan fingerprint density at radius 3 is 2.00 bits per heavy atom. The first-order chi connectivity index (χ1) is 10.4. The molecule has 21 heavy (non-hydrogen) atoms. The highest BCUT2D eigenvalue weighted by molar-refractivity contribution is 5.38. The summed E-state index contributed by atoms with van der Waals surface area (Å²) in [5, 5.41) is 4.20. The van der Waals surface area contributed by atoms with Gasteiger partial charge in [0, 0.05) is 17.2 Å². The number of aromatic nitrogens is 3. The minimum Gasteiger partial charge on any atom is -0.207 e. The van der Waals surface area contributed by atoms with Crippen molar-refractivity contribution in [3.63, 3.8) is 0 Å². The molecule has 0 unspecified atom stereocenters. The van der Waals surface area contributed by atoms with Gasteiger partial charge in [0.2, 0.25) is 5.82 Å². The summed E-state index contributed by atoms with van der Waals surface area (Å²) in [4.78, 5) is 4.12. The van der Waals surface area contributed by atoms with Crippen LogP contribution in [0.5, 0.6) is 0 Å². The second-order valence-corrected chi connectivity index (χ2v) is 4.23. The van der Waals surface area contributed by atoms with Crippen molar-refractivity contribution in [1.82, 2.24) is 14.8 Å². The zero-order valence-corrected chi connectivity index (χ0v) is 11.2. The third-order valence-electron chi connectivity index (χ3n) is 2.67. The zero-order valence-electron chi connectivity index (χ0n) is 11.2. The Morgan fingerprint density at radius 2 is 1.33 bits per heavy atom. The number of nitrogens with zero attached hydrogens (tertiary/aromatic N) is 3. The molecule has 3 nitrogen and oxygen atoms in total. The molecule has 0 saturated heterocycles. The average molecular weight is 269 g/mol. The molecule has 0 amide bonds. The van der Waals surface area contributed by atoms with Crippen molar-refractivity contribution in [2.45, 2.75) is 0 Å². The maximum Gasteiger partial charge on any atom is 0.226 e. The molecule has 0 atom stereocenters. The first-order valence-corrected chi connectivity index (χ1v) is 6.46. The van der Waals surface area contributed by atoms with Gasteiger partial charge >= 0.3 is 0 Å². The molecule has 1 heterocycles. The Kier molecular flexibility index (Phi) is 3.77. The molecule has 0 radical (unpaired) electrons. The highest BCUT2D eigenvalue weighted by Crippen LogP contribution is 1.96. The number of hydrogen-bond donors (Lipinski definition) is 0. The van der Waals surface area contributed by atoms with Crippen molar-refractivity contribution in [1.29, 1.82) is 0 Å². The first-order valence-electron chi connectivity index (χ1n) is 6.46. The van der Waals surface area contributed by atoms with Crippen LogP contribution >= 0.6 is 0 Å². The maximum absolute atomic E-state index is 4.20. The van der Waals surface area contributed by atoms with Gasteiger partial charge in [-0.3, -0.25) is 0 Å². The predicted octanol–water partition coefficient (Wildman–Crippen LogP) is 2.54. The van der Waals surface area contributed by atoms with Gasteiger partial charge in [0.1, 0.15) is 6.33 Å². The molecule has 3 rings (SSSR count). The van der Waals surface area contributed by atoms with Crippen molar-refractivity contribution < 1.29 is 0 Å². The van der Waals surface area contributed by atoms with Gasteiger partial charge in [0.15, 0.2) is 0 Å². The van der Waals surface area contributed by atoms with E-state index in [0.717, 1.165) is 11.1 Å². The van der Waals surface area contributed by atoms with Crippen molar-refractivity contribution in [3.05, 3.63) is 83.9 Å². The Morgan fingerprint density at radius 1 is 0.714 bits per heavy atom. The van der Waals surface area contributed by atoms with Gasteiger partial charge in [-0.1, -0.05) is 42.3 Å². The Bertz CT molecular complexity index is 769. The minimum absolute atomic E-state index is 0.459. The summed E-state index contributed by atoms with van der Waals surface area (Å²) in [7, 11) is 0. The van der Waals surface area contributed by atoms with Crippen LogP contribution in [0.4, 0.5) is 0 Å². The van der Waals surface area contributed by atoms with Crippen molar-refractivity contribution >= 4 is 0 Å². The van der Waals surface area contributed by atoms with Crippen LogP contribution in [0.1, 0.15) is 17.0 Å². The molecule has 3 aromatic rings. The Labute approximate surface area is 123 Å². The van der Waals surface area contributed by atoms with Crippen molar-refractivity contribution in [2.24, 2.45) is 0 Å². The van der Waals surface area contributed by atoms with Gasteiger partial charge < -0.3 is 0 Å². The van der Waals surface area contributed by atoms with Crippen LogP contribution < -0.4 is 0 Å². The summed E-state index contributed by atoms with van der Waals surface area (Å²) in [5.74, 6) is 9.40. The lowest BCUT2D eigenvalue weighted by molar-refractivity contribution is 0.909. The minimum atomic E-state index is 0.459. The lowest BCUT2D eigenvalue weighted by Gasteiger charge is -1.86. The average Bonchev–Trinajstić information content (AvgIpc) is 3.01. The van der Waals surface area contributed by atoms with E-state index in [4.69, 9.17) is 0 Å². The van der Waals surface area contributed by atoms with Crippen LogP contribution in [-0.2, 0) is 0 Å². The maximum atomic E-state index is 4.20. The molecule has 0 saturated carbocycles. The quantitative estimate of drug-likeness (QED) is 0.587. The van der Waals surface area contributed by atoms with Crippen LogP contribution in [0.25, 0.3) is 0 Å². The molecule has 0 aliphatic rings. The topological polar surface area (TPSA) is 30.7 Å². The number of rotatable bonds is 0. The Balaban J connectivity index is 1.76. The van der Waals surface area contributed by atoms with Crippen LogP contribution in [0.3, 0.4) is 0 Å². The molecule has 0 aliphatic heterocycles. The van der Waals surface area contributed by atoms with E-state index in [2.05, 4.69) is 33.9 Å². The number of benzene rings is 2. The molecular formula is C18H11N3. The standard InChI is InChI=1S/C18H11N3/c1-3-7-16(8-4-1)11-12-18-19-15-21(20-18)14-13-17-9-5-2-6-10-17/h1-10,15H. The van der Waals surface area contributed by atoms with Gasteiger partial charge in [0.25, 0.3) is 0 Å². The van der Waals surface area contributed by atoms with E-state index < -0.39 is 0 Å². The smallest absolute Gasteiger partial charge is 0.207 e. The highest BCUT2D eigenvalue weighted by atomic mass is 15.3. The summed E-state index contributed by atoms with van der Waals surface area (Å²) < 4.78 is 1.47. The zero-order chi connectivity index (χ0) is 14.3. The summed E-state index contributed by atoms with van der Waals surface area (Å²) >= 11 is 0. The van der Waals surface area contributed by atoms with E-state index in [1.54, 1.807) is 6.33 Å². The van der Waals surface area contributed by atoms with E-state index in [1.165, 1.54) is 4.68 Å². The van der Waals surface area contributed by atoms with E-state index >= 15 is 0 Å². The summed E-state index contributed by atoms with van der Waals surface area (Å²) in [6.07, 6.45) is 1.56. The molecule has 1 aromatic heterocycles. The molecule has 0 bridgehead atoms. The molecule has 0 aliphatic carbocycles. The third-order valence-corrected chi connectivity index (χ3v) is 2.67. The lowest BCUT2D eigenvalue weighted by Crippen LogP contribution is -1.89. The first kappa shape index (κ1) is 12.7. The van der Waals surface area contributed by atoms with E-state index in [9.17, 15) is 0 Å². The van der Waals surface area contributed by atoms with E-state index in [0.29, 0.717) is 5.82 Å². The fourth-order valence-corrected chi connectivity index (χ4v) is 1.67. The lowest BCUT2D eigenvalue weighted by atomic mass is 10.2. The summed E-state index contributed by atoms with van der Waals surface area (Å²) in [6, 6.07) is 22.4. The molecular weight excluding hydrogens is 258 g/mol. The summed E-state index contributed by atoms with van der Waals surface area (Å²) in [6.45, 7) is 0. The second kappa shape index (κ2) is 6.23. The van der Waals surface area contributed by atoms with Crippen LogP contribution in [0.2, 0.25) is 0 Å². The van der Waals surface area contributed by atoms with Crippen LogP contribution in [-0.4, -0.2) is 14.8 Å². The van der Waals surface area contributed by atoms with Crippen LogP contribution in [0, 0.1) is 23.8 Å². The SMILES string of the molecule is C(#Cc1ncn(C#Cc2ccccc2)n1)c1ccccc1. The summed E-state index contributed by atoms with van der Waals surface area (Å²) in [5.41, 5.74) is 1.87. The molecule has 98 valence electrons. The molecule has 0 fully saturated rings. The molecule has 0 N–H and O–H groups in total. The highest BCUT2D eigenvalue weighted by Gasteiger charge is 1.93. The third kappa shape index (κ3) is 3.59. The van der Waals surface area contributed by atoms with E-state index in [1.807, 2.05) is 60.7 Å². The van der Waals surface area contributed by atoms with Gasteiger partial charge in [-0.15, -0.1) is 5.10 Å². The van der Waals surface area contributed by atoms with Gasteiger partial charge in [-0.05, 0) is 36.1 Å². The molecule has 2 aromatic carbocycles. The Hall–Kier alpha value is -3.30. The molecule has 3 heteroatoms. The normalized spacial score (nSPS) is 9.14. The van der Waals surface area contributed by atoms with Crippen molar-refractivity contribution in [2.75, 3.05) is 0 Å². The molecule has 0 spiro atoms. The second-order valence-electron chi connectivity index (χ2n) is 4.23. The fourth-order valence-electron chi connectivity index (χ4n) is 1.67. The van der Waals surface area contributed by atoms with Gasteiger partial charge in [-0.2, -0.15) is 4.68 Å². The van der Waals surface area contributed by atoms with Crippen LogP contribution in [0.15, 0.2) is 67.0 Å². The number of hydrogen-bond acceptors (Lipinski definition) is 2. The van der Waals surface area contributed by atoms with Gasteiger partial charge in [0.05, 0.1) is 0 Å². The van der Waals surface area contributed by atoms with E-state index in [-0.39, 0.29) is 0 Å².